The van der Waals surface area contributed by atoms with Crippen LogP contribution >= 0.6 is 11.6 Å². The topological polar surface area (TPSA) is 75.5 Å². The van der Waals surface area contributed by atoms with Crippen molar-refractivity contribution in [1.29, 1.82) is 0 Å². The molecule has 1 atom stereocenters. The monoisotopic (exact) mass is 283 g/mol. The molecule has 0 bridgehead atoms. The molecule has 1 aromatic carbocycles. The molecule has 1 amide bonds. The van der Waals surface area contributed by atoms with Crippen molar-refractivity contribution in [2.45, 2.75) is 19.4 Å². The van der Waals surface area contributed by atoms with Gasteiger partial charge in [-0.25, -0.2) is 0 Å². The maximum atomic E-state index is 11.8. The van der Waals surface area contributed by atoms with Crippen molar-refractivity contribution in [1.82, 2.24) is 4.90 Å². The first-order chi connectivity index (χ1) is 8.90. The summed E-state index contributed by atoms with van der Waals surface area (Å²) in [5.41, 5.74) is 1.04. The smallest absolute Gasteiger partial charge is 0.273 e. The van der Waals surface area contributed by atoms with E-state index in [1.807, 2.05) is 0 Å². The normalized spacial score (nSPS) is 18.8. The number of hydrogen-bond acceptors (Lipinski definition) is 4. The van der Waals surface area contributed by atoms with Crippen molar-refractivity contribution in [2.75, 3.05) is 18.9 Å². The summed E-state index contributed by atoms with van der Waals surface area (Å²) < 4.78 is 0. The van der Waals surface area contributed by atoms with Gasteiger partial charge in [-0.15, -0.1) is 0 Å². The molecule has 102 valence electrons. The third-order valence-corrected chi connectivity index (χ3v) is 3.55. The highest BCUT2D eigenvalue weighted by Gasteiger charge is 2.29. The molecule has 2 rings (SSSR count). The number of amides is 1. The fraction of sp³-hybridized carbons (Fsp3) is 0.417. The minimum atomic E-state index is -0.473. The lowest BCUT2D eigenvalue weighted by Crippen LogP contribution is -2.31. The van der Waals surface area contributed by atoms with Crippen LogP contribution in [0.3, 0.4) is 0 Å². The molecule has 0 saturated carbocycles. The summed E-state index contributed by atoms with van der Waals surface area (Å²) >= 11 is 6.02. The first kappa shape index (κ1) is 13.6. The van der Waals surface area contributed by atoms with E-state index in [2.05, 4.69) is 5.32 Å². The number of carbonyl (C=O) groups excluding carboxylic acids is 1. The number of nitro benzene ring substituents is 1. The second kappa shape index (κ2) is 5.05. The van der Waals surface area contributed by atoms with Crippen molar-refractivity contribution in [3.63, 3.8) is 0 Å². The maximum absolute atomic E-state index is 11.8. The maximum Gasteiger partial charge on any atom is 0.273 e. The van der Waals surface area contributed by atoms with Gasteiger partial charge in [0.15, 0.2) is 0 Å². The highest BCUT2D eigenvalue weighted by atomic mass is 35.5. The molecule has 19 heavy (non-hydrogen) atoms. The molecule has 0 aliphatic carbocycles. The van der Waals surface area contributed by atoms with Gasteiger partial charge in [0.1, 0.15) is 6.04 Å². The number of carbonyl (C=O) groups is 1. The molecule has 7 heteroatoms. The molecule has 1 saturated heterocycles. The molecular weight excluding hydrogens is 270 g/mol. The molecule has 1 heterocycles. The van der Waals surface area contributed by atoms with E-state index in [0.29, 0.717) is 24.2 Å². The van der Waals surface area contributed by atoms with Crippen LogP contribution in [0.4, 0.5) is 11.4 Å². The Morgan fingerprint density at radius 1 is 1.53 bits per heavy atom. The molecule has 1 aromatic rings. The van der Waals surface area contributed by atoms with Crippen LogP contribution in [0.15, 0.2) is 12.1 Å². The quantitative estimate of drug-likeness (QED) is 0.681. The average molecular weight is 284 g/mol. The highest BCUT2D eigenvalue weighted by molar-refractivity contribution is 6.33. The van der Waals surface area contributed by atoms with Crippen molar-refractivity contribution < 1.29 is 9.72 Å². The number of likely N-dealkylation sites (N-methyl/N-ethyl adjacent to an activating group) is 1. The van der Waals surface area contributed by atoms with Gasteiger partial charge < -0.3 is 10.2 Å². The van der Waals surface area contributed by atoms with Crippen molar-refractivity contribution in [3.8, 4) is 0 Å². The fourth-order valence-electron chi connectivity index (χ4n) is 2.12. The van der Waals surface area contributed by atoms with Gasteiger partial charge in [0.2, 0.25) is 5.91 Å². The Hall–Kier alpha value is -1.82. The Bertz CT molecular complexity index is 547. The zero-order valence-electron chi connectivity index (χ0n) is 10.6. The third kappa shape index (κ3) is 2.63. The van der Waals surface area contributed by atoms with E-state index < -0.39 is 4.92 Å². The molecule has 0 aromatic heterocycles. The summed E-state index contributed by atoms with van der Waals surface area (Å²) in [4.78, 5) is 23.8. The van der Waals surface area contributed by atoms with E-state index in [-0.39, 0.29) is 22.7 Å². The number of halogens is 1. The third-order valence-electron chi connectivity index (χ3n) is 3.24. The van der Waals surface area contributed by atoms with Gasteiger partial charge in [-0.3, -0.25) is 14.9 Å². The first-order valence-electron chi connectivity index (χ1n) is 5.86. The lowest BCUT2D eigenvalue weighted by molar-refractivity contribution is -0.385. The minimum Gasteiger partial charge on any atom is -0.372 e. The molecule has 0 spiro atoms. The molecule has 1 N–H and O–H groups in total. The number of likely N-dealkylation sites (tertiary alicyclic amines) is 1. The minimum absolute atomic E-state index is 0.00655. The van der Waals surface area contributed by atoms with E-state index >= 15 is 0 Å². The largest absolute Gasteiger partial charge is 0.372 e. The Balaban J connectivity index is 2.24. The van der Waals surface area contributed by atoms with Gasteiger partial charge in [0, 0.05) is 25.2 Å². The summed E-state index contributed by atoms with van der Waals surface area (Å²) in [6.45, 7) is 2.34. The van der Waals surface area contributed by atoms with E-state index in [9.17, 15) is 14.9 Å². The summed E-state index contributed by atoms with van der Waals surface area (Å²) in [5, 5.41) is 14.1. The molecule has 1 fully saturated rings. The van der Waals surface area contributed by atoms with Crippen molar-refractivity contribution in [2.24, 2.45) is 0 Å². The van der Waals surface area contributed by atoms with Crippen LogP contribution in [0, 0.1) is 17.0 Å². The Morgan fingerprint density at radius 2 is 2.21 bits per heavy atom. The van der Waals surface area contributed by atoms with E-state index in [1.165, 1.54) is 6.07 Å². The van der Waals surface area contributed by atoms with Gasteiger partial charge in [-0.1, -0.05) is 11.6 Å². The second-order valence-electron chi connectivity index (χ2n) is 4.62. The SMILES string of the molecule is Cc1cc(N[C@H]2CCN(C)C2=O)c(Cl)cc1[N+](=O)[O-]. The van der Waals surface area contributed by atoms with Crippen LogP contribution in [-0.4, -0.2) is 35.4 Å². The van der Waals surface area contributed by atoms with Gasteiger partial charge in [-0.2, -0.15) is 0 Å². The van der Waals surface area contributed by atoms with Gasteiger partial charge in [0.05, 0.1) is 15.6 Å². The first-order valence-corrected chi connectivity index (χ1v) is 6.24. The Morgan fingerprint density at radius 3 is 2.74 bits per heavy atom. The van der Waals surface area contributed by atoms with Crippen LogP contribution in [0.5, 0.6) is 0 Å². The number of nitrogens with one attached hydrogen (secondary N) is 1. The van der Waals surface area contributed by atoms with Crippen LogP contribution in [0.2, 0.25) is 5.02 Å². The highest BCUT2D eigenvalue weighted by Crippen LogP contribution is 2.31. The number of benzene rings is 1. The number of aryl methyl sites for hydroxylation is 1. The van der Waals surface area contributed by atoms with Gasteiger partial charge >= 0.3 is 0 Å². The van der Waals surface area contributed by atoms with E-state index in [4.69, 9.17) is 11.6 Å². The number of anilines is 1. The van der Waals surface area contributed by atoms with Crippen LogP contribution in [0.25, 0.3) is 0 Å². The number of hydrogen-bond donors (Lipinski definition) is 1. The summed E-state index contributed by atoms with van der Waals surface area (Å²) in [5.74, 6) is 0.00655. The van der Waals surface area contributed by atoms with Gasteiger partial charge in [-0.05, 0) is 19.4 Å². The molecular formula is C12H14ClN3O3. The van der Waals surface area contributed by atoms with Crippen molar-refractivity contribution in [3.05, 3.63) is 32.8 Å². The second-order valence-corrected chi connectivity index (χ2v) is 5.03. The fourth-order valence-corrected chi connectivity index (χ4v) is 2.33. The zero-order chi connectivity index (χ0) is 14.2. The zero-order valence-corrected chi connectivity index (χ0v) is 11.4. The predicted octanol–water partition coefficient (Wildman–Crippen LogP) is 2.20. The molecule has 0 radical (unpaired) electrons. The summed E-state index contributed by atoms with van der Waals surface area (Å²) in [6, 6.07) is 2.59. The molecule has 6 nitrogen and oxygen atoms in total. The standard InChI is InChI=1S/C12H14ClN3O3/c1-7-5-10(8(13)6-11(7)16(18)19)14-9-3-4-15(2)12(9)17/h5-6,9,14H,3-4H2,1-2H3/t9-/m0/s1. The molecule has 1 aliphatic heterocycles. The number of nitrogens with zero attached hydrogens (tertiary/aromatic N) is 2. The van der Waals surface area contributed by atoms with Crippen molar-refractivity contribution >= 4 is 28.9 Å². The van der Waals surface area contributed by atoms with Gasteiger partial charge in [0.25, 0.3) is 5.69 Å². The van der Waals surface area contributed by atoms with Crippen LogP contribution in [0.1, 0.15) is 12.0 Å². The van der Waals surface area contributed by atoms with Crippen LogP contribution < -0.4 is 5.32 Å². The summed E-state index contributed by atoms with van der Waals surface area (Å²) in [6.07, 6.45) is 0.696. The Kier molecular flexibility index (Phi) is 3.61. The number of rotatable bonds is 3. The summed E-state index contributed by atoms with van der Waals surface area (Å²) in [7, 11) is 1.74. The Labute approximate surface area is 115 Å². The lowest BCUT2D eigenvalue weighted by Gasteiger charge is -2.15. The van der Waals surface area contributed by atoms with Crippen LogP contribution in [-0.2, 0) is 4.79 Å². The van der Waals surface area contributed by atoms with E-state index in [0.717, 1.165) is 0 Å². The molecule has 1 aliphatic rings. The average Bonchev–Trinajstić information content (AvgIpc) is 2.65. The molecule has 0 unspecified atom stereocenters. The predicted molar refractivity (Wildman–Crippen MR) is 72.5 cm³/mol. The van der Waals surface area contributed by atoms with E-state index in [1.54, 1.807) is 24.9 Å². The lowest BCUT2D eigenvalue weighted by atomic mass is 10.1. The number of nitro groups is 1.